The Morgan fingerprint density at radius 3 is 3.10 bits per heavy atom. The Bertz CT molecular complexity index is 215. The summed E-state index contributed by atoms with van der Waals surface area (Å²) in [6.07, 6.45) is 1.74. The monoisotopic (exact) mass is 201 g/mol. The summed E-state index contributed by atoms with van der Waals surface area (Å²) in [5, 5.41) is 0. The Labute approximate surface area is 68.4 Å². The minimum atomic E-state index is 0.606. The number of hydrogen-bond acceptors (Lipinski definition) is 2. The third-order valence-electron chi connectivity index (χ3n) is 1.14. The summed E-state index contributed by atoms with van der Waals surface area (Å²) in [5.74, 6) is 0. The van der Waals surface area contributed by atoms with Crippen molar-refractivity contribution in [2.45, 2.75) is 6.61 Å². The number of pyridine rings is 1. The molecule has 0 fully saturated rings. The zero-order valence-corrected chi connectivity index (χ0v) is 7.26. The molecule has 1 rings (SSSR count). The SMILES string of the molecule is COCc1cccnc1Br. The molecule has 0 unspecified atom stereocenters. The zero-order valence-electron chi connectivity index (χ0n) is 5.67. The van der Waals surface area contributed by atoms with Crippen LogP contribution in [-0.2, 0) is 11.3 Å². The van der Waals surface area contributed by atoms with Gasteiger partial charge in [0.2, 0.25) is 0 Å². The van der Waals surface area contributed by atoms with Gasteiger partial charge in [0.25, 0.3) is 0 Å². The summed E-state index contributed by atoms with van der Waals surface area (Å²) in [4.78, 5) is 4.03. The molecule has 1 aromatic heterocycles. The van der Waals surface area contributed by atoms with E-state index in [9.17, 15) is 0 Å². The molecule has 1 aromatic rings. The van der Waals surface area contributed by atoms with Gasteiger partial charge in [-0.3, -0.25) is 0 Å². The predicted octanol–water partition coefficient (Wildman–Crippen LogP) is 1.99. The molecule has 10 heavy (non-hydrogen) atoms. The molecular formula is C7H8BrNO. The lowest BCUT2D eigenvalue weighted by atomic mass is 10.3. The quantitative estimate of drug-likeness (QED) is 0.684. The highest BCUT2D eigenvalue weighted by Gasteiger charge is 1.96. The van der Waals surface area contributed by atoms with Gasteiger partial charge < -0.3 is 4.74 Å². The van der Waals surface area contributed by atoms with Gasteiger partial charge in [0.15, 0.2) is 0 Å². The van der Waals surface area contributed by atoms with Crippen LogP contribution in [0.3, 0.4) is 0 Å². The lowest BCUT2D eigenvalue weighted by molar-refractivity contribution is 0.184. The highest BCUT2D eigenvalue weighted by atomic mass is 79.9. The van der Waals surface area contributed by atoms with Gasteiger partial charge in [0, 0.05) is 18.9 Å². The molecule has 2 nitrogen and oxygen atoms in total. The van der Waals surface area contributed by atoms with Crippen molar-refractivity contribution in [3.8, 4) is 0 Å². The van der Waals surface area contributed by atoms with E-state index < -0.39 is 0 Å². The summed E-state index contributed by atoms with van der Waals surface area (Å²) >= 11 is 3.31. The van der Waals surface area contributed by atoms with E-state index in [0.717, 1.165) is 10.2 Å². The fourth-order valence-electron chi connectivity index (χ4n) is 0.683. The Morgan fingerprint density at radius 1 is 1.70 bits per heavy atom. The van der Waals surface area contributed by atoms with Crippen molar-refractivity contribution in [1.29, 1.82) is 0 Å². The van der Waals surface area contributed by atoms with E-state index in [1.54, 1.807) is 13.3 Å². The van der Waals surface area contributed by atoms with Gasteiger partial charge in [-0.2, -0.15) is 0 Å². The number of methoxy groups -OCH3 is 1. The van der Waals surface area contributed by atoms with Gasteiger partial charge in [0.05, 0.1) is 6.61 Å². The summed E-state index contributed by atoms with van der Waals surface area (Å²) < 4.78 is 5.80. The minimum absolute atomic E-state index is 0.606. The Balaban J connectivity index is 2.81. The number of aromatic nitrogens is 1. The smallest absolute Gasteiger partial charge is 0.111 e. The molecule has 0 saturated carbocycles. The normalized spacial score (nSPS) is 9.80. The van der Waals surface area contributed by atoms with Crippen molar-refractivity contribution in [3.05, 3.63) is 28.5 Å². The first kappa shape index (κ1) is 7.69. The number of ether oxygens (including phenoxy) is 1. The third-order valence-corrected chi connectivity index (χ3v) is 1.85. The van der Waals surface area contributed by atoms with Gasteiger partial charge in [-0.15, -0.1) is 0 Å². The molecule has 0 aromatic carbocycles. The van der Waals surface area contributed by atoms with Crippen LogP contribution < -0.4 is 0 Å². The van der Waals surface area contributed by atoms with Crippen LogP contribution in [0.25, 0.3) is 0 Å². The van der Waals surface area contributed by atoms with E-state index in [2.05, 4.69) is 20.9 Å². The molecule has 0 amide bonds. The van der Waals surface area contributed by atoms with Crippen molar-refractivity contribution in [3.63, 3.8) is 0 Å². The Morgan fingerprint density at radius 2 is 2.50 bits per heavy atom. The molecule has 0 saturated heterocycles. The van der Waals surface area contributed by atoms with E-state index in [4.69, 9.17) is 4.74 Å². The maximum Gasteiger partial charge on any atom is 0.111 e. The number of halogens is 1. The van der Waals surface area contributed by atoms with Gasteiger partial charge in [-0.25, -0.2) is 4.98 Å². The first-order valence-corrected chi connectivity index (χ1v) is 3.72. The Kier molecular flexibility index (Phi) is 2.83. The van der Waals surface area contributed by atoms with Crippen LogP contribution in [0.2, 0.25) is 0 Å². The molecule has 0 aliphatic rings. The third kappa shape index (κ3) is 1.78. The average molecular weight is 202 g/mol. The molecule has 0 spiro atoms. The van der Waals surface area contributed by atoms with Crippen LogP contribution in [0.15, 0.2) is 22.9 Å². The van der Waals surface area contributed by atoms with Crippen LogP contribution in [0.5, 0.6) is 0 Å². The van der Waals surface area contributed by atoms with E-state index in [-0.39, 0.29) is 0 Å². The molecule has 3 heteroatoms. The molecule has 0 bridgehead atoms. The zero-order chi connectivity index (χ0) is 7.40. The largest absolute Gasteiger partial charge is 0.380 e. The molecule has 0 atom stereocenters. The lowest BCUT2D eigenvalue weighted by Gasteiger charge is -1.99. The molecule has 1 heterocycles. The van der Waals surface area contributed by atoms with Gasteiger partial charge in [0.1, 0.15) is 4.60 Å². The van der Waals surface area contributed by atoms with Gasteiger partial charge in [-0.05, 0) is 22.0 Å². The number of nitrogens with zero attached hydrogens (tertiary/aromatic N) is 1. The van der Waals surface area contributed by atoms with E-state index in [1.165, 1.54) is 0 Å². The second-order valence-corrected chi connectivity index (χ2v) is 2.64. The van der Waals surface area contributed by atoms with Crippen molar-refractivity contribution < 1.29 is 4.74 Å². The maximum atomic E-state index is 4.94. The molecule has 0 N–H and O–H groups in total. The summed E-state index contributed by atoms with van der Waals surface area (Å²) in [5.41, 5.74) is 1.07. The molecular weight excluding hydrogens is 194 g/mol. The van der Waals surface area contributed by atoms with Crippen LogP contribution in [0.4, 0.5) is 0 Å². The fraction of sp³-hybridized carbons (Fsp3) is 0.286. The van der Waals surface area contributed by atoms with Crippen molar-refractivity contribution in [2.75, 3.05) is 7.11 Å². The van der Waals surface area contributed by atoms with E-state index in [0.29, 0.717) is 6.61 Å². The average Bonchev–Trinajstić information content (AvgIpc) is 1.94. The Hall–Kier alpha value is -0.410. The second-order valence-electron chi connectivity index (χ2n) is 1.89. The lowest BCUT2D eigenvalue weighted by Crippen LogP contribution is -1.89. The van der Waals surface area contributed by atoms with Gasteiger partial charge in [-0.1, -0.05) is 6.07 Å². The highest BCUT2D eigenvalue weighted by Crippen LogP contribution is 2.12. The number of hydrogen-bond donors (Lipinski definition) is 0. The van der Waals surface area contributed by atoms with E-state index in [1.807, 2.05) is 12.1 Å². The first-order valence-electron chi connectivity index (χ1n) is 2.93. The number of rotatable bonds is 2. The first-order chi connectivity index (χ1) is 4.84. The topological polar surface area (TPSA) is 22.1 Å². The van der Waals surface area contributed by atoms with Crippen LogP contribution >= 0.6 is 15.9 Å². The predicted molar refractivity (Wildman–Crippen MR) is 42.7 cm³/mol. The molecule has 0 radical (unpaired) electrons. The second kappa shape index (κ2) is 3.68. The van der Waals surface area contributed by atoms with Crippen LogP contribution in [0, 0.1) is 0 Å². The standard InChI is InChI=1S/C7H8BrNO/c1-10-5-6-3-2-4-9-7(6)8/h2-4H,5H2,1H3. The maximum absolute atomic E-state index is 4.94. The molecule has 0 aliphatic carbocycles. The fourth-order valence-corrected chi connectivity index (χ4v) is 1.05. The van der Waals surface area contributed by atoms with E-state index >= 15 is 0 Å². The summed E-state index contributed by atoms with van der Waals surface area (Å²) in [6, 6.07) is 3.86. The highest BCUT2D eigenvalue weighted by molar-refractivity contribution is 9.10. The summed E-state index contributed by atoms with van der Waals surface area (Å²) in [7, 11) is 1.67. The van der Waals surface area contributed by atoms with Crippen molar-refractivity contribution in [1.82, 2.24) is 4.98 Å². The molecule has 0 aliphatic heterocycles. The minimum Gasteiger partial charge on any atom is -0.380 e. The summed E-state index contributed by atoms with van der Waals surface area (Å²) in [6.45, 7) is 0.606. The van der Waals surface area contributed by atoms with Crippen molar-refractivity contribution in [2.24, 2.45) is 0 Å². The van der Waals surface area contributed by atoms with Crippen LogP contribution in [0.1, 0.15) is 5.56 Å². The molecule has 54 valence electrons. The van der Waals surface area contributed by atoms with Gasteiger partial charge >= 0.3 is 0 Å². The van der Waals surface area contributed by atoms with Crippen molar-refractivity contribution >= 4 is 15.9 Å². The van der Waals surface area contributed by atoms with Crippen LogP contribution in [-0.4, -0.2) is 12.1 Å².